The zero-order valence-corrected chi connectivity index (χ0v) is 18.0. The van der Waals surface area contributed by atoms with Crippen LogP contribution < -0.4 is 5.32 Å². The van der Waals surface area contributed by atoms with Gasteiger partial charge in [-0.05, 0) is 58.0 Å². The van der Waals surface area contributed by atoms with Crippen molar-refractivity contribution < 1.29 is 9.90 Å². The second-order valence-electron chi connectivity index (χ2n) is 7.94. The molecule has 0 radical (unpaired) electrons. The number of benzene rings is 4. The number of allylic oxidation sites excluding steroid dienone is 1. The van der Waals surface area contributed by atoms with Crippen LogP contribution in [0.1, 0.15) is 22.3 Å². The third-order valence-corrected chi connectivity index (χ3v) is 5.47. The number of carbonyl (C=O) groups is 1. The first-order valence-electron chi connectivity index (χ1n) is 10.9. The molecule has 32 heavy (non-hydrogen) atoms. The molecule has 0 unspecified atom stereocenters. The number of phenolic OH excluding ortho intramolecular Hbond substituents is 1. The largest absolute Gasteiger partial charge is 0.508 e. The van der Waals surface area contributed by atoms with E-state index in [1.807, 2.05) is 54.6 Å². The van der Waals surface area contributed by atoms with Gasteiger partial charge in [0.15, 0.2) is 0 Å². The fourth-order valence-corrected chi connectivity index (χ4v) is 3.89. The highest BCUT2D eigenvalue weighted by molar-refractivity contribution is 5.88. The predicted molar refractivity (Wildman–Crippen MR) is 132 cm³/mol. The minimum absolute atomic E-state index is 0.0188. The summed E-state index contributed by atoms with van der Waals surface area (Å²) < 4.78 is 0. The Bertz CT molecular complexity index is 1210. The zero-order valence-electron chi connectivity index (χ0n) is 18.0. The van der Waals surface area contributed by atoms with Crippen molar-refractivity contribution in [2.24, 2.45) is 0 Å². The van der Waals surface area contributed by atoms with Crippen molar-refractivity contribution in [1.82, 2.24) is 5.32 Å². The third kappa shape index (κ3) is 5.86. The van der Waals surface area contributed by atoms with Gasteiger partial charge in [-0.2, -0.15) is 0 Å². The second-order valence-corrected chi connectivity index (χ2v) is 7.94. The normalized spacial score (nSPS) is 11.1. The Morgan fingerprint density at radius 3 is 2.38 bits per heavy atom. The van der Waals surface area contributed by atoms with Crippen molar-refractivity contribution in [2.75, 3.05) is 6.54 Å². The second kappa shape index (κ2) is 10.5. The van der Waals surface area contributed by atoms with Gasteiger partial charge in [-0.25, -0.2) is 0 Å². The Kier molecular flexibility index (Phi) is 6.98. The first-order valence-corrected chi connectivity index (χ1v) is 10.9. The van der Waals surface area contributed by atoms with Gasteiger partial charge in [0.2, 0.25) is 5.91 Å². The highest BCUT2D eigenvalue weighted by Gasteiger charge is 2.07. The number of hydrogen-bond acceptors (Lipinski definition) is 2. The molecule has 0 atom stereocenters. The topological polar surface area (TPSA) is 49.3 Å². The Hall–Kier alpha value is -3.85. The van der Waals surface area contributed by atoms with Crippen LogP contribution in [-0.4, -0.2) is 17.6 Å². The Balaban J connectivity index is 1.45. The van der Waals surface area contributed by atoms with E-state index in [1.165, 1.54) is 11.1 Å². The van der Waals surface area contributed by atoms with E-state index in [9.17, 15) is 9.90 Å². The SMILES string of the molecule is O=C(Cc1ccccc1)NCCc1cc(CC=Cc2ccccc2)cc2ccc(O)cc12. The average molecular weight is 422 g/mol. The molecule has 3 nitrogen and oxygen atoms in total. The van der Waals surface area contributed by atoms with Gasteiger partial charge in [0.25, 0.3) is 0 Å². The van der Waals surface area contributed by atoms with Gasteiger partial charge in [0.05, 0.1) is 6.42 Å². The summed E-state index contributed by atoms with van der Waals surface area (Å²) >= 11 is 0. The summed E-state index contributed by atoms with van der Waals surface area (Å²) in [5.41, 5.74) is 4.52. The summed E-state index contributed by atoms with van der Waals surface area (Å²) in [6.45, 7) is 0.555. The van der Waals surface area contributed by atoms with E-state index < -0.39 is 0 Å². The standard InChI is InChI=1S/C29H27NO2/c31-27-15-14-25-18-24(13-7-12-22-8-3-1-4-9-22)19-26(28(25)21-27)16-17-30-29(32)20-23-10-5-2-6-11-23/h1-12,14-15,18-19,21,31H,13,16-17,20H2,(H,30,32). The molecule has 3 heteroatoms. The molecule has 0 spiro atoms. The van der Waals surface area contributed by atoms with Crippen LogP contribution in [-0.2, 0) is 24.1 Å². The van der Waals surface area contributed by atoms with Crippen molar-refractivity contribution in [1.29, 1.82) is 0 Å². The van der Waals surface area contributed by atoms with Crippen LogP contribution >= 0.6 is 0 Å². The summed E-state index contributed by atoms with van der Waals surface area (Å²) in [5, 5.41) is 15.1. The number of hydrogen-bond donors (Lipinski definition) is 2. The molecule has 0 bridgehead atoms. The Labute approximate surface area is 189 Å². The maximum atomic E-state index is 12.3. The average Bonchev–Trinajstić information content (AvgIpc) is 2.81. The van der Waals surface area contributed by atoms with Gasteiger partial charge in [0.1, 0.15) is 5.75 Å². The highest BCUT2D eigenvalue weighted by Crippen LogP contribution is 2.26. The van der Waals surface area contributed by atoms with E-state index in [1.54, 1.807) is 12.1 Å². The fraction of sp³-hybridized carbons (Fsp3) is 0.138. The molecule has 2 N–H and O–H groups in total. The quantitative estimate of drug-likeness (QED) is 0.383. The Morgan fingerprint density at radius 2 is 1.59 bits per heavy atom. The van der Waals surface area contributed by atoms with Crippen LogP contribution in [0.5, 0.6) is 5.75 Å². The number of aromatic hydroxyl groups is 1. The van der Waals surface area contributed by atoms with Crippen molar-refractivity contribution in [3.8, 4) is 5.75 Å². The molecule has 4 aromatic rings. The van der Waals surface area contributed by atoms with Crippen molar-refractivity contribution in [2.45, 2.75) is 19.3 Å². The molecule has 4 rings (SSSR count). The lowest BCUT2D eigenvalue weighted by Gasteiger charge is -2.11. The number of phenols is 1. The molecule has 0 aromatic heterocycles. The third-order valence-electron chi connectivity index (χ3n) is 5.47. The number of nitrogens with one attached hydrogen (secondary N) is 1. The summed E-state index contributed by atoms with van der Waals surface area (Å²) in [6.07, 6.45) is 6.20. The molecule has 0 aliphatic carbocycles. The van der Waals surface area contributed by atoms with Crippen molar-refractivity contribution in [3.63, 3.8) is 0 Å². The maximum absolute atomic E-state index is 12.3. The summed E-state index contributed by atoms with van der Waals surface area (Å²) in [4.78, 5) is 12.3. The predicted octanol–water partition coefficient (Wildman–Crippen LogP) is 5.70. The summed E-state index contributed by atoms with van der Waals surface area (Å²) in [6, 6.07) is 29.8. The van der Waals surface area contributed by atoms with Crippen LogP contribution in [0.25, 0.3) is 16.8 Å². The molecular weight excluding hydrogens is 394 g/mol. The Morgan fingerprint density at radius 1 is 0.844 bits per heavy atom. The first kappa shape index (κ1) is 21.4. The number of rotatable bonds is 8. The molecule has 0 aliphatic heterocycles. The smallest absolute Gasteiger partial charge is 0.224 e. The molecule has 0 heterocycles. The van der Waals surface area contributed by atoms with Gasteiger partial charge in [-0.3, -0.25) is 4.79 Å². The van der Waals surface area contributed by atoms with Gasteiger partial charge in [-0.15, -0.1) is 0 Å². The van der Waals surface area contributed by atoms with Crippen LogP contribution in [0.15, 0.2) is 97.1 Å². The lowest BCUT2D eigenvalue weighted by atomic mass is 9.97. The lowest BCUT2D eigenvalue weighted by Crippen LogP contribution is -2.27. The monoisotopic (exact) mass is 421 g/mol. The molecule has 1 amide bonds. The van der Waals surface area contributed by atoms with Crippen LogP contribution in [0.4, 0.5) is 0 Å². The fourth-order valence-electron chi connectivity index (χ4n) is 3.89. The van der Waals surface area contributed by atoms with Gasteiger partial charge in [-0.1, -0.05) is 91.0 Å². The van der Waals surface area contributed by atoms with E-state index >= 15 is 0 Å². The van der Waals surface area contributed by atoms with Crippen molar-refractivity contribution >= 4 is 22.8 Å². The van der Waals surface area contributed by atoms with E-state index in [0.29, 0.717) is 19.4 Å². The number of amides is 1. The minimum atomic E-state index is 0.0188. The molecule has 0 aliphatic rings. The number of fused-ring (bicyclic) bond motifs is 1. The van der Waals surface area contributed by atoms with E-state index in [0.717, 1.165) is 28.3 Å². The van der Waals surface area contributed by atoms with Crippen LogP contribution in [0.3, 0.4) is 0 Å². The maximum Gasteiger partial charge on any atom is 0.224 e. The van der Waals surface area contributed by atoms with E-state index in [-0.39, 0.29) is 11.7 Å². The van der Waals surface area contributed by atoms with Crippen LogP contribution in [0.2, 0.25) is 0 Å². The van der Waals surface area contributed by atoms with Crippen LogP contribution in [0, 0.1) is 0 Å². The number of carbonyl (C=O) groups excluding carboxylic acids is 1. The summed E-state index contributed by atoms with van der Waals surface area (Å²) in [7, 11) is 0. The molecule has 0 saturated carbocycles. The lowest BCUT2D eigenvalue weighted by molar-refractivity contribution is -0.120. The highest BCUT2D eigenvalue weighted by atomic mass is 16.3. The van der Waals surface area contributed by atoms with E-state index in [4.69, 9.17) is 0 Å². The van der Waals surface area contributed by atoms with Gasteiger partial charge < -0.3 is 10.4 Å². The molecule has 0 saturated heterocycles. The first-order chi connectivity index (χ1) is 15.7. The molecular formula is C29H27NO2. The summed E-state index contributed by atoms with van der Waals surface area (Å²) in [5.74, 6) is 0.272. The minimum Gasteiger partial charge on any atom is -0.508 e. The van der Waals surface area contributed by atoms with Gasteiger partial charge >= 0.3 is 0 Å². The molecule has 0 fully saturated rings. The van der Waals surface area contributed by atoms with Gasteiger partial charge in [0, 0.05) is 6.54 Å². The zero-order chi connectivity index (χ0) is 22.2. The van der Waals surface area contributed by atoms with Crippen molar-refractivity contribution in [3.05, 3.63) is 119 Å². The molecule has 160 valence electrons. The molecule has 4 aromatic carbocycles. The van der Waals surface area contributed by atoms with E-state index in [2.05, 4.69) is 41.7 Å².